The second-order valence-electron chi connectivity index (χ2n) is 7.89. The van der Waals surface area contributed by atoms with Gasteiger partial charge in [0.05, 0.1) is 5.69 Å². The number of carbonyl (C=O) groups excluding carboxylic acids is 3. The molecule has 0 saturated carbocycles. The lowest BCUT2D eigenvalue weighted by Gasteiger charge is -2.42. The summed E-state index contributed by atoms with van der Waals surface area (Å²) in [5.74, 6) is -0.363. The lowest BCUT2D eigenvalue weighted by molar-refractivity contribution is -0.134. The molecule has 2 aliphatic heterocycles. The number of likely N-dealkylation sites (tertiary alicyclic amines) is 1. The number of halogens is 2. The van der Waals surface area contributed by atoms with Crippen molar-refractivity contribution in [3.63, 3.8) is 0 Å². The summed E-state index contributed by atoms with van der Waals surface area (Å²) < 4.78 is 0. The van der Waals surface area contributed by atoms with E-state index in [4.69, 9.17) is 17.3 Å². The molecule has 0 spiro atoms. The minimum Gasteiger partial charge on any atom is -0.342 e. The molecule has 7 nitrogen and oxygen atoms in total. The van der Waals surface area contributed by atoms with Crippen LogP contribution in [-0.4, -0.2) is 47.9 Å². The van der Waals surface area contributed by atoms with Crippen LogP contribution in [0.4, 0.5) is 10.5 Å². The molecule has 1 aromatic rings. The second kappa shape index (κ2) is 8.68. The Morgan fingerprint density at radius 2 is 1.93 bits per heavy atom. The highest BCUT2D eigenvalue weighted by molar-refractivity contribution is 6.30. The van der Waals surface area contributed by atoms with Crippen LogP contribution in [0.15, 0.2) is 24.3 Å². The molecule has 3 rings (SSSR count). The number of rotatable bonds is 4. The summed E-state index contributed by atoms with van der Waals surface area (Å²) in [5, 5.41) is 3.19. The van der Waals surface area contributed by atoms with Gasteiger partial charge < -0.3 is 16.0 Å². The number of hydrogen-bond acceptors (Lipinski definition) is 4. The van der Waals surface area contributed by atoms with E-state index in [0.717, 1.165) is 11.3 Å². The van der Waals surface area contributed by atoms with Gasteiger partial charge in [-0.25, -0.2) is 9.69 Å². The molecule has 2 saturated heterocycles. The summed E-state index contributed by atoms with van der Waals surface area (Å²) >= 11 is 5.85. The number of nitrogens with two attached hydrogens (primary N) is 1. The maximum atomic E-state index is 12.6. The van der Waals surface area contributed by atoms with Gasteiger partial charge in [0.1, 0.15) is 6.04 Å². The molecule has 0 radical (unpaired) electrons. The minimum absolute atomic E-state index is 0. The van der Waals surface area contributed by atoms with Gasteiger partial charge in [0.15, 0.2) is 0 Å². The van der Waals surface area contributed by atoms with E-state index in [-0.39, 0.29) is 48.5 Å². The smallest absolute Gasteiger partial charge is 0.329 e. The number of hydrogen-bond donors (Lipinski definition) is 2. The Balaban J connectivity index is 0.00000280. The minimum atomic E-state index is -0.697. The van der Waals surface area contributed by atoms with Crippen LogP contribution >= 0.6 is 24.0 Å². The topological polar surface area (TPSA) is 95.7 Å². The van der Waals surface area contributed by atoms with Gasteiger partial charge in [-0.2, -0.15) is 0 Å². The maximum Gasteiger partial charge on any atom is 0.329 e. The van der Waals surface area contributed by atoms with Crippen molar-refractivity contribution >= 4 is 47.5 Å². The maximum absolute atomic E-state index is 12.6. The first-order valence-corrected chi connectivity index (χ1v) is 9.50. The van der Waals surface area contributed by atoms with Crippen LogP contribution in [0.1, 0.15) is 33.1 Å². The Morgan fingerprint density at radius 3 is 2.54 bits per heavy atom. The van der Waals surface area contributed by atoms with E-state index < -0.39 is 12.1 Å². The van der Waals surface area contributed by atoms with Crippen LogP contribution in [0.2, 0.25) is 5.02 Å². The Morgan fingerprint density at radius 1 is 1.29 bits per heavy atom. The highest BCUT2D eigenvalue weighted by Gasteiger charge is 2.40. The number of urea groups is 1. The lowest BCUT2D eigenvalue weighted by Crippen LogP contribution is -2.54. The van der Waals surface area contributed by atoms with E-state index in [2.05, 4.69) is 19.2 Å². The number of carbonyl (C=O) groups is 3. The molecule has 28 heavy (non-hydrogen) atoms. The van der Waals surface area contributed by atoms with Crippen molar-refractivity contribution in [2.75, 3.05) is 18.0 Å². The fraction of sp³-hybridized carbons (Fsp3) is 0.526. The molecule has 1 aromatic carbocycles. The Labute approximate surface area is 176 Å². The van der Waals surface area contributed by atoms with Crippen molar-refractivity contribution in [1.82, 2.24) is 10.2 Å². The predicted octanol–water partition coefficient (Wildman–Crippen LogP) is 2.55. The number of anilines is 1. The van der Waals surface area contributed by atoms with Crippen molar-refractivity contribution in [2.24, 2.45) is 11.1 Å². The normalized spacial score (nSPS) is 24.0. The lowest BCUT2D eigenvalue weighted by atomic mass is 9.79. The van der Waals surface area contributed by atoms with Crippen LogP contribution in [-0.2, 0) is 9.59 Å². The second-order valence-corrected chi connectivity index (χ2v) is 8.33. The van der Waals surface area contributed by atoms with Crippen LogP contribution in [0.3, 0.4) is 0 Å². The van der Waals surface area contributed by atoms with Gasteiger partial charge in [-0.15, -0.1) is 12.4 Å². The summed E-state index contributed by atoms with van der Waals surface area (Å²) in [6, 6.07) is 5.37. The van der Waals surface area contributed by atoms with Gasteiger partial charge in [-0.1, -0.05) is 25.4 Å². The molecule has 2 atom stereocenters. The molecule has 0 aromatic heterocycles. The summed E-state index contributed by atoms with van der Waals surface area (Å²) in [4.78, 5) is 40.3. The SMILES string of the molecule is CC1(C)CN(C(=O)CCC2NC(=O)N(c3ccc(Cl)cc3)C2=O)CCC1N.Cl. The van der Waals surface area contributed by atoms with Crippen molar-refractivity contribution in [2.45, 2.75) is 45.2 Å². The molecule has 2 unspecified atom stereocenters. The average molecular weight is 429 g/mol. The number of amides is 4. The first-order valence-electron chi connectivity index (χ1n) is 9.12. The van der Waals surface area contributed by atoms with Crippen molar-refractivity contribution < 1.29 is 14.4 Å². The number of imide groups is 1. The van der Waals surface area contributed by atoms with Gasteiger partial charge >= 0.3 is 6.03 Å². The Kier molecular flexibility index (Phi) is 6.96. The first-order chi connectivity index (χ1) is 12.7. The fourth-order valence-corrected chi connectivity index (χ4v) is 3.70. The number of piperidine rings is 1. The standard InChI is InChI=1S/C19H25ClN4O3.ClH/c1-19(2)11-23(10-9-15(19)21)16(25)8-7-14-17(26)24(18(27)22-14)13-5-3-12(20)4-6-13;/h3-6,14-15H,7-11,21H2,1-2H3,(H,22,27);1H. The van der Waals surface area contributed by atoms with Gasteiger partial charge in [0, 0.05) is 30.6 Å². The van der Waals surface area contributed by atoms with Gasteiger partial charge in [-0.05, 0) is 42.5 Å². The molecule has 2 fully saturated rings. The monoisotopic (exact) mass is 428 g/mol. The average Bonchev–Trinajstić information content (AvgIpc) is 2.90. The molecular formula is C19H26Cl2N4O3. The predicted molar refractivity (Wildman–Crippen MR) is 111 cm³/mol. The highest BCUT2D eigenvalue weighted by atomic mass is 35.5. The highest BCUT2D eigenvalue weighted by Crippen LogP contribution is 2.28. The molecule has 4 amide bonds. The van der Waals surface area contributed by atoms with Crippen molar-refractivity contribution in [3.05, 3.63) is 29.3 Å². The number of nitrogens with one attached hydrogen (secondary N) is 1. The van der Waals surface area contributed by atoms with Gasteiger partial charge in [0.25, 0.3) is 5.91 Å². The zero-order valence-electron chi connectivity index (χ0n) is 16.0. The van der Waals surface area contributed by atoms with Crippen molar-refractivity contribution in [1.29, 1.82) is 0 Å². The third kappa shape index (κ3) is 4.59. The zero-order chi connectivity index (χ0) is 19.8. The molecule has 3 N–H and O–H groups in total. The van der Waals surface area contributed by atoms with E-state index in [1.807, 2.05) is 4.90 Å². The molecular weight excluding hydrogens is 403 g/mol. The Bertz CT molecular complexity index is 754. The Hall–Kier alpha value is -1.83. The summed E-state index contributed by atoms with van der Waals surface area (Å²) in [6.07, 6.45) is 1.25. The molecule has 2 heterocycles. The third-order valence-electron chi connectivity index (χ3n) is 5.42. The fourth-order valence-electron chi connectivity index (χ4n) is 3.57. The van der Waals surface area contributed by atoms with E-state index in [0.29, 0.717) is 23.8 Å². The quantitative estimate of drug-likeness (QED) is 0.720. The van der Waals surface area contributed by atoms with Crippen LogP contribution in [0, 0.1) is 5.41 Å². The van der Waals surface area contributed by atoms with Crippen LogP contribution < -0.4 is 16.0 Å². The first kappa shape index (κ1) is 22.5. The van der Waals surface area contributed by atoms with E-state index in [1.165, 1.54) is 0 Å². The number of nitrogens with zero attached hydrogens (tertiary/aromatic N) is 2. The van der Waals surface area contributed by atoms with Crippen LogP contribution in [0.25, 0.3) is 0 Å². The number of benzene rings is 1. The molecule has 154 valence electrons. The van der Waals surface area contributed by atoms with Gasteiger partial charge in [-0.3, -0.25) is 9.59 Å². The zero-order valence-corrected chi connectivity index (χ0v) is 17.6. The van der Waals surface area contributed by atoms with E-state index in [1.54, 1.807) is 24.3 Å². The van der Waals surface area contributed by atoms with E-state index >= 15 is 0 Å². The van der Waals surface area contributed by atoms with Crippen molar-refractivity contribution in [3.8, 4) is 0 Å². The molecule has 2 aliphatic rings. The molecule has 0 aliphatic carbocycles. The van der Waals surface area contributed by atoms with Gasteiger partial charge in [0.2, 0.25) is 5.91 Å². The summed E-state index contributed by atoms with van der Waals surface area (Å²) in [6.45, 7) is 5.35. The largest absolute Gasteiger partial charge is 0.342 e. The van der Waals surface area contributed by atoms with Crippen LogP contribution in [0.5, 0.6) is 0 Å². The third-order valence-corrected chi connectivity index (χ3v) is 5.67. The molecule has 0 bridgehead atoms. The molecule has 9 heteroatoms. The summed E-state index contributed by atoms with van der Waals surface area (Å²) in [5.41, 5.74) is 6.45. The van der Waals surface area contributed by atoms with E-state index in [9.17, 15) is 14.4 Å². The summed E-state index contributed by atoms with van der Waals surface area (Å²) in [7, 11) is 0.